The van der Waals surface area contributed by atoms with Gasteiger partial charge in [0.25, 0.3) is 0 Å². The largest absolute Gasteiger partial charge is 0.480 e. The van der Waals surface area contributed by atoms with E-state index in [2.05, 4.69) is 15.3 Å². The molecule has 0 aliphatic rings. The summed E-state index contributed by atoms with van der Waals surface area (Å²) in [5, 5.41) is 12.6. The summed E-state index contributed by atoms with van der Waals surface area (Å²) in [5.41, 5.74) is 4.65. The first-order valence-corrected chi connectivity index (χ1v) is 10.3. The molecule has 0 spiro atoms. The summed E-state index contributed by atoms with van der Waals surface area (Å²) in [5.74, 6) is -0.737. The first-order valence-electron chi connectivity index (χ1n) is 10.3. The lowest BCUT2D eigenvalue weighted by molar-refractivity contribution is -0.137. The third kappa shape index (κ3) is 5.55. The molecule has 2 N–H and O–H groups in total. The Labute approximate surface area is 185 Å². The van der Waals surface area contributed by atoms with Crippen LogP contribution < -0.4 is 5.32 Å². The number of halogens is 1. The van der Waals surface area contributed by atoms with Gasteiger partial charge < -0.3 is 10.4 Å². The van der Waals surface area contributed by atoms with Crippen molar-refractivity contribution in [2.45, 2.75) is 18.9 Å². The van der Waals surface area contributed by atoms with Gasteiger partial charge in [-0.15, -0.1) is 0 Å². The van der Waals surface area contributed by atoms with E-state index in [9.17, 15) is 14.3 Å². The molecule has 0 fully saturated rings. The van der Waals surface area contributed by atoms with E-state index in [0.717, 1.165) is 22.3 Å². The number of hydrogen-bond acceptors (Lipinski definition) is 4. The minimum absolute atomic E-state index is 0.244. The van der Waals surface area contributed by atoms with Crippen LogP contribution in [0.1, 0.15) is 16.7 Å². The lowest BCUT2D eigenvalue weighted by Crippen LogP contribution is -2.31. The van der Waals surface area contributed by atoms with Gasteiger partial charge in [0.1, 0.15) is 24.0 Å². The van der Waals surface area contributed by atoms with Crippen LogP contribution in [-0.4, -0.2) is 27.1 Å². The lowest BCUT2D eigenvalue weighted by Gasteiger charge is -2.15. The molecule has 4 aromatic rings. The molecule has 0 saturated heterocycles. The fourth-order valence-electron chi connectivity index (χ4n) is 3.45. The third-order valence-corrected chi connectivity index (χ3v) is 5.14. The molecule has 0 saturated carbocycles. The summed E-state index contributed by atoms with van der Waals surface area (Å²) in [6.45, 7) is 0. The van der Waals surface area contributed by atoms with Crippen LogP contribution in [0.25, 0.3) is 11.3 Å². The Hall–Kier alpha value is -4.06. The predicted octanol–water partition coefficient (Wildman–Crippen LogP) is 4.98. The molecule has 5 nitrogen and oxygen atoms in total. The number of carboxylic acids is 1. The summed E-state index contributed by atoms with van der Waals surface area (Å²) in [6.07, 6.45) is 2.47. The molecule has 0 radical (unpaired) electrons. The molecule has 3 aromatic carbocycles. The molecule has 6 heteroatoms. The molecule has 4 rings (SSSR count). The second-order valence-corrected chi connectivity index (χ2v) is 7.51. The maximum atomic E-state index is 13.1. The number of carbonyl (C=O) groups is 1. The molecule has 1 unspecified atom stereocenters. The van der Waals surface area contributed by atoms with Gasteiger partial charge in [-0.25, -0.2) is 19.2 Å². The van der Waals surface area contributed by atoms with E-state index in [-0.39, 0.29) is 5.82 Å². The number of carboxylic acid groups (broad SMARTS) is 1. The van der Waals surface area contributed by atoms with Crippen molar-refractivity contribution in [3.05, 3.63) is 114 Å². The highest BCUT2D eigenvalue weighted by molar-refractivity contribution is 5.77. The van der Waals surface area contributed by atoms with Crippen LogP contribution in [0, 0.1) is 5.82 Å². The Morgan fingerprint density at radius 2 is 1.53 bits per heavy atom. The summed E-state index contributed by atoms with van der Waals surface area (Å²) in [4.78, 5) is 20.3. The molecule has 0 aliphatic heterocycles. The van der Waals surface area contributed by atoms with Crippen molar-refractivity contribution in [3.63, 3.8) is 0 Å². The Morgan fingerprint density at radius 3 is 2.19 bits per heavy atom. The zero-order valence-electron chi connectivity index (χ0n) is 17.3. The summed E-state index contributed by atoms with van der Waals surface area (Å²) in [6, 6.07) is 24.8. The van der Waals surface area contributed by atoms with Gasteiger partial charge in [-0.3, -0.25) is 0 Å². The number of benzene rings is 3. The van der Waals surface area contributed by atoms with Crippen molar-refractivity contribution in [2.24, 2.45) is 0 Å². The number of anilines is 1. The predicted molar refractivity (Wildman–Crippen MR) is 122 cm³/mol. The Balaban J connectivity index is 1.47. The first-order chi connectivity index (χ1) is 15.6. The van der Waals surface area contributed by atoms with Crippen molar-refractivity contribution in [3.8, 4) is 11.3 Å². The molecular weight excluding hydrogens is 405 g/mol. The van der Waals surface area contributed by atoms with Gasteiger partial charge in [-0.1, -0.05) is 66.7 Å². The fraction of sp³-hybridized carbons (Fsp3) is 0.115. The van der Waals surface area contributed by atoms with E-state index in [1.807, 2.05) is 54.6 Å². The van der Waals surface area contributed by atoms with Gasteiger partial charge >= 0.3 is 5.97 Å². The fourth-order valence-corrected chi connectivity index (χ4v) is 3.45. The normalized spacial score (nSPS) is 11.7. The van der Waals surface area contributed by atoms with Crippen molar-refractivity contribution in [2.75, 3.05) is 5.32 Å². The van der Waals surface area contributed by atoms with E-state index < -0.39 is 12.0 Å². The molecule has 1 atom stereocenters. The number of rotatable bonds is 8. The summed E-state index contributed by atoms with van der Waals surface area (Å²) >= 11 is 0. The van der Waals surface area contributed by atoms with Crippen LogP contribution in [0.2, 0.25) is 0 Å². The summed E-state index contributed by atoms with van der Waals surface area (Å²) in [7, 11) is 0. The van der Waals surface area contributed by atoms with E-state index in [4.69, 9.17) is 0 Å². The van der Waals surface area contributed by atoms with Crippen molar-refractivity contribution in [1.82, 2.24) is 9.97 Å². The highest BCUT2D eigenvalue weighted by Crippen LogP contribution is 2.21. The minimum atomic E-state index is -0.945. The monoisotopic (exact) mass is 427 g/mol. The van der Waals surface area contributed by atoms with Crippen molar-refractivity contribution < 1.29 is 14.3 Å². The molecule has 160 valence electrons. The van der Waals surface area contributed by atoms with Crippen LogP contribution >= 0.6 is 0 Å². The van der Waals surface area contributed by atoms with Crippen LogP contribution in [0.3, 0.4) is 0 Å². The number of hydrogen-bond donors (Lipinski definition) is 2. The van der Waals surface area contributed by atoms with E-state index in [0.29, 0.717) is 24.4 Å². The highest BCUT2D eigenvalue weighted by atomic mass is 19.1. The maximum Gasteiger partial charge on any atom is 0.326 e. The molecule has 0 amide bonds. The second-order valence-electron chi connectivity index (χ2n) is 7.51. The molecule has 1 aromatic heterocycles. The third-order valence-electron chi connectivity index (χ3n) is 5.14. The number of nitrogens with zero attached hydrogens (tertiary/aromatic N) is 2. The number of nitrogens with one attached hydrogen (secondary N) is 1. The zero-order valence-corrected chi connectivity index (χ0v) is 17.3. The van der Waals surface area contributed by atoms with Gasteiger partial charge in [0.15, 0.2) is 0 Å². The van der Waals surface area contributed by atoms with E-state index in [1.165, 1.54) is 18.5 Å². The topological polar surface area (TPSA) is 75.1 Å². The quantitative estimate of drug-likeness (QED) is 0.415. The van der Waals surface area contributed by atoms with Crippen LogP contribution in [0.15, 0.2) is 91.3 Å². The standard InChI is InChI=1S/C26H22FN3O2/c27-22-12-8-20(9-13-22)14-19-6-10-21(11-7-19)23-16-25(29-17-28-23)30-24(26(31)32)15-18-4-2-1-3-5-18/h1-13,16-17,24H,14-15H2,(H,31,32)(H,28,29,30). The van der Waals surface area contributed by atoms with Crippen molar-refractivity contribution in [1.29, 1.82) is 0 Å². The Kier molecular flexibility index (Phi) is 6.51. The van der Waals surface area contributed by atoms with Gasteiger partial charge in [0, 0.05) is 18.1 Å². The average molecular weight is 427 g/mol. The molecular formula is C26H22FN3O2. The first kappa shape index (κ1) is 21.2. The highest BCUT2D eigenvalue weighted by Gasteiger charge is 2.18. The Morgan fingerprint density at radius 1 is 0.875 bits per heavy atom. The van der Waals surface area contributed by atoms with Gasteiger partial charge in [0.2, 0.25) is 0 Å². The van der Waals surface area contributed by atoms with Crippen LogP contribution in [0.5, 0.6) is 0 Å². The van der Waals surface area contributed by atoms with Gasteiger partial charge in [-0.05, 0) is 35.2 Å². The molecule has 0 bridgehead atoms. The average Bonchev–Trinajstić information content (AvgIpc) is 2.81. The molecule has 1 heterocycles. The smallest absolute Gasteiger partial charge is 0.326 e. The lowest BCUT2D eigenvalue weighted by atomic mass is 10.0. The SMILES string of the molecule is O=C(O)C(Cc1ccccc1)Nc1cc(-c2ccc(Cc3ccc(F)cc3)cc2)ncn1. The van der Waals surface area contributed by atoms with Crippen molar-refractivity contribution >= 4 is 11.8 Å². The van der Waals surface area contributed by atoms with E-state index in [1.54, 1.807) is 18.2 Å². The van der Waals surface area contributed by atoms with Crippen LogP contribution in [0.4, 0.5) is 10.2 Å². The zero-order chi connectivity index (χ0) is 22.3. The summed E-state index contributed by atoms with van der Waals surface area (Å²) < 4.78 is 13.1. The van der Waals surface area contributed by atoms with E-state index >= 15 is 0 Å². The maximum absolute atomic E-state index is 13.1. The molecule has 0 aliphatic carbocycles. The van der Waals surface area contributed by atoms with Crippen LogP contribution in [-0.2, 0) is 17.6 Å². The number of aliphatic carboxylic acids is 1. The minimum Gasteiger partial charge on any atom is -0.480 e. The van der Waals surface area contributed by atoms with Gasteiger partial charge in [0.05, 0.1) is 5.69 Å². The number of aromatic nitrogens is 2. The van der Waals surface area contributed by atoms with Gasteiger partial charge in [-0.2, -0.15) is 0 Å². The Bertz CT molecular complexity index is 1180. The second kappa shape index (κ2) is 9.83. The molecule has 32 heavy (non-hydrogen) atoms.